The monoisotopic (exact) mass is 401 g/mol. The molecule has 0 amide bonds. The van der Waals surface area contributed by atoms with Gasteiger partial charge in [-0.2, -0.15) is 0 Å². The van der Waals surface area contributed by atoms with Gasteiger partial charge in [0.15, 0.2) is 0 Å². The van der Waals surface area contributed by atoms with Crippen LogP contribution in [0.2, 0.25) is 0 Å². The van der Waals surface area contributed by atoms with Crippen LogP contribution in [0.3, 0.4) is 0 Å². The van der Waals surface area contributed by atoms with Gasteiger partial charge in [-0.05, 0) is 42.8 Å². The molecule has 0 atom stereocenters. The number of aromatic nitrogens is 1. The molecule has 1 aromatic heterocycles. The van der Waals surface area contributed by atoms with Gasteiger partial charge >= 0.3 is 5.97 Å². The molecule has 0 fully saturated rings. The lowest BCUT2D eigenvalue weighted by Gasteiger charge is -2.06. The third-order valence-electron chi connectivity index (χ3n) is 3.69. The molecule has 0 spiro atoms. The van der Waals surface area contributed by atoms with E-state index in [-0.39, 0.29) is 31.4 Å². The Morgan fingerprint density at radius 2 is 1.71 bits per heavy atom. The Morgan fingerprint density at radius 3 is 2.50 bits per heavy atom. The van der Waals surface area contributed by atoms with Crippen molar-refractivity contribution >= 4 is 17.3 Å². The van der Waals surface area contributed by atoms with Crippen LogP contribution in [-0.4, -0.2) is 17.6 Å². The highest BCUT2D eigenvalue weighted by Crippen LogP contribution is 2.16. The Bertz CT molecular complexity index is 868. The summed E-state index contributed by atoms with van der Waals surface area (Å²) < 4.78 is 29.2. The SMILES string of the molecule is O=C(CCCOc1ccccc1)OCc1csc(COc2ccc(F)cc2)n1. The number of benzene rings is 2. The van der Waals surface area contributed by atoms with Crippen molar-refractivity contribution in [3.05, 3.63) is 76.5 Å². The van der Waals surface area contributed by atoms with Crippen molar-refractivity contribution in [2.45, 2.75) is 26.1 Å². The number of carbonyl (C=O) groups is 1. The first-order valence-electron chi connectivity index (χ1n) is 8.84. The van der Waals surface area contributed by atoms with Gasteiger partial charge in [0.2, 0.25) is 0 Å². The van der Waals surface area contributed by atoms with E-state index in [2.05, 4.69) is 4.98 Å². The standard InChI is InChI=1S/C21H20FNO4S/c22-16-8-10-19(11-9-16)26-14-20-23-17(15-28-20)13-27-21(24)7-4-12-25-18-5-2-1-3-6-18/h1-3,5-6,8-11,15H,4,7,12-14H2. The van der Waals surface area contributed by atoms with E-state index in [1.807, 2.05) is 35.7 Å². The normalized spacial score (nSPS) is 10.5. The quantitative estimate of drug-likeness (QED) is 0.362. The molecule has 0 saturated carbocycles. The topological polar surface area (TPSA) is 57.7 Å². The van der Waals surface area contributed by atoms with E-state index >= 15 is 0 Å². The van der Waals surface area contributed by atoms with Gasteiger partial charge in [0.05, 0.1) is 12.3 Å². The number of esters is 1. The Hall–Kier alpha value is -2.93. The molecule has 1 heterocycles. The van der Waals surface area contributed by atoms with Crippen LogP contribution in [-0.2, 0) is 22.7 Å². The molecular weight excluding hydrogens is 381 g/mol. The summed E-state index contributed by atoms with van der Waals surface area (Å²) in [5.41, 5.74) is 0.677. The number of hydrogen-bond acceptors (Lipinski definition) is 6. The van der Waals surface area contributed by atoms with Gasteiger partial charge in [0.25, 0.3) is 0 Å². The molecule has 3 aromatic rings. The molecule has 28 heavy (non-hydrogen) atoms. The van der Waals surface area contributed by atoms with E-state index in [4.69, 9.17) is 14.2 Å². The van der Waals surface area contributed by atoms with E-state index in [9.17, 15) is 9.18 Å². The summed E-state index contributed by atoms with van der Waals surface area (Å²) in [4.78, 5) is 16.2. The number of carbonyl (C=O) groups excluding carboxylic acids is 1. The summed E-state index contributed by atoms with van der Waals surface area (Å²) in [5.74, 6) is 0.766. The maximum Gasteiger partial charge on any atom is 0.306 e. The number of para-hydroxylation sites is 1. The smallest absolute Gasteiger partial charge is 0.306 e. The maximum absolute atomic E-state index is 12.9. The Kier molecular flexibility index (Phi) is 7.37. The fraction of sp³-hybridized carbons (Fsp3) is 0.238. The summed E-state index contributed by atoms with van der Waals surface area (Å²) in [7, 11) is 0. The molecule has 0 aliphatic rings. The summed E-state index contributed by atoms with van der Waals surface area (Å²) >= 11 is 1.42. The molecule has 0 saturated heterocycles. The molecule has 0 bridgehead atoms. The van der Waals surface area contributed by atoms with Crippen molar-refractivity contribution < 1.29 is 23.4 Å². The van der Waals surface area contributed by atoms with E-state index in [0.717, 1.165) is 10.8 Å². The lowest BCUT2D eigenvalue weighted by molar-refractivity contribution is -0.145. The van der Waals surface area contributed by atoms with Crippen LogP contribution in [0.5, 0.6) is 11.5 Å². The first kappa shape index (κ1) is 19.8. The highest BCUT2D eigenvalue weighted by Gasteiger charge is 2.08. The van der Waals surface area contributed by atoms with Crippen molar-refractivity contribution in [2.75, 3.05) is 6.61 Å². The van der Waals surface area contributed by atoms with Crippen molar-refractivity contribution in [3.8, 4) is 11.5 Å². The second kappa shape index (κ2) is 10.4. The lowest BCUT2D eigenvalue weighted by Crippen LogP contribution is -2.07. The van der Waals surface area contributed by atoms with Crippen molar-refractivity contribution in [1.82, 2.24) is 4.98 Å². The molecule has 0 aliphatic heterocycles. The van der Waals surface area contributed by atoms with Crippen molar-refractivity contribution in [1.29, 1.82) is 0 Å². The largest absolute Gasteiger partial charge is 0.494 e. The molecule has 2 aromatic carbocycles. The Balaban J connectivity index is 1.32. The molecule has 5 nitrogen and oxygen atoms in total. The van der Waals surface area contributed by atoms with Crippen LogP contribution < -0.4 is 9.47 Å². The summed E-state index contributed by atoms with van der Waals surface area (Å²) in [5, 5.41) is 2.58. The fourth-order valence-electron chi connectivity index (χ4n) is 2.31. The van der Waals surface area contributed by atoms with Crippen molar-refractivity contribution in [2.24, 2.45) is 0 Å². The fourth-order valence-corrected chi connectivity index (χ4v) is 3.00. The summed E-state index contributed by atoms with van der Waals surface area (Å²) in [6.07, 6.45) is 0.874. The van der Waals surface area contributed by atoms with Crippen LogP contribution in [0.15, 0.2) is 60.0 Å². The third kappa shape index (κ3) is 6.66. The highest BCUT2D eigenvalue weighted by molar-refractivity contribution is 7.09. The average Bonchev–Trinajstić information content (AvgIpc) is 3.18. The molecule has 7 heteroatoms. The van der Waals surface area contributed by atoms with Crippen LogP contribution in [0, 0.1) is 5.82 Å². The second-order valence-electron chi connectivity index (χ2n) is 5.90. The molecular formula is C21H20FNO4S. The van der Waals surface area contributed by atoms with E-state index < -0.39 is 0 Å². The summed E-state index contributed by atoms with van der Waals surface area (Å²) in [6.45, 7) is 0.868. The number of nitrogens with zero attached hydrogens (tertiary/aromatic N) is 1. The van der Waals surface area contributed by atoms with Gasteiger partial charge < -0.3 is 14.2 Å². The number of halogens is 1. The minimum absolute atomic E-state index is 0.130. The van der Waals surface area contributed by atoms with Gasteiger partial charge in [-0.15, -0.1) is 11.3 Å². The average molecular weight is 401 g/mol. The van der Waals surface area contributed by atoms with Gasteiger partial charge in [0.1, 0.15) is 35.5 Å². The van der Waals surface area contributed by atoms with Crippen LogP contribution in [0.1, 0.15) is 23.5 Å². The van der Waals surface area contributed by atoms with Gasteiger partial charge in [-0.25, -0.2) is 9.37 Å². The number of rotatable bonds is 10. The predicted molar refractivity (Wildman–Crippen MR) is 104 cm³/mol. The van der Waals surface area contributed by atoms with E-state index in [1.54, 1.807) is 12.1 Å². The molecule has 0 radical (unpaired) electrons. The van der Waals surface area contributed by atoms with Gasteiger partial charge in [0, 0.05) is 11.8 Å². The van der Waals surface area contributed by atoms with Gasteiger partial charge in [-0.1, -0.05) is 18.2 Å². The minimum Gasteiger partial charge on any atom is -0.494 e. The van der Waals surface area contributed by atoms with Crippen LogP contribution in [0.4, 0.5) is 4.39 Å². The first-order valence-corrected chi connectivity index (χ1v) is 9.72. The number of ether oxygens (including phenoxy) is 3. The lowest BCUT2D eigenvalue weighted by atomic mass is 10.3. The highest BCUT2D eigenvalue weighted by atomic mass is 32.1. The molecule has 0 unspecified atom stereocenters. The zero-order valence-corrected chi connectivity index (χ0v) is 16.0. The van der Waals surface area contributed by atoms with E-state index in [1.165, 1.54) is 23.5 Å². The second-order valence-corrected chi connectivity index (χ2v) is 6.84. The Morgan fingerprint density at radius 1 is 0.964 bits per heavy atom. The number of hydrogen-bond donors (Lipinski definition) is 0. The zero-order valence-electron chi connectivity index (χ0n) is 15.2. The van der Waals surface area contributed by atoms with Crippen LogP contribution >= 0.6 is 11.3 Å². The number of thiazole rings is 1. The molecule has 0 N–H and O–H groups in total. The van der Waals surface area contributed by atoms with Gasteiger partial charge in [-0.3, -0.25) is 4.79 Å². The third-order valence-corrected chi connectivity index (χ3v) is 4.56. The zero-order chi connectivity index (χ0) is 19.6. The minimum atomic E-state index is -0.308. The molecule has 0 aliphatic carbocycles. The maximum atomic E-state index is 12.9. The molecule has 3 rings (SSSR count). The Labute approximate surface area is 166 Å². The van der Waals surface area contributed by atoms with Crippen molar-refractivity contribution in [3.63, 3.8) is 0 Å². The summed E-state index contributed by atoms with van der Waals surface area (Å²) in [6, 6.07) is 15.3. The molecule has 146 valence electrons. The van der Waals surface area contributed by atoms with Crippen LogP contribution in [0.25, 0.3) is 0 Å². The first-order chi connectivity index (χ1) is 13.7. The predicted octanol–water partition coefficient (Wildman–Crippen LogP) is 4.76. The van der Waals surface area contributed by atoms with E-state index in [0.29, 0.717) is 24.5 Å².